The standard InChI is InChI=1S/C15H30N2/c1-2-12-8-5-9-14(10-12)15(17-16)11-13-6-3-4-7-13/h12-15,17H,2-11,16H2,1H3. The minimum absolute atomic E-state index is 0.590. The Hall–Kier alpha value is -0.0800. The fourth-order valence-electron chi connectivity index (χ4n) is 4.07. The van der Waals surface area contributed by atoms with Gasteiger partial charge in [0, 0.05) is 6.04 Å². The molecule has 2 aliphatic rings. The van der Waals surface area contributed by atoms with E-state index in [0.717, 1.165) is 17.8 Å². The lowest BCUT2D eigenvalue weighted by molar-refractivity contribution is 0.188. The molecule has 3 unspecified atom stereocenters. The van der Waals surface area contributed by atoms with Crippen LogP contribution in [0.1, 0.15) is 71.1 Å². The van der Waals surface area contributed by atoms with Gasteiger partial charge in [0.2, 0.25) is 0 Å². The van der Waals surface area contributed by atoms with Crippen LogP contribution in [0.5, 0.6) is 0 Å². The largest absolute Gasteiger partial charge is 0.271 e. The average Bonchev–Trinajstić information content (AvgIpc) is 2.89. The molecular weight excluding hydrogens is 208 g/mol. The van der Waals surface area contributed by atoms with Gasteiger partial charge in [-0.15, -0.1) is 0 Å². The van der Waals surface area contributed by atoms with Crippen molar-refractivity contribution in [3.05, 3.63) is 0 Å². The molecule has 3 atom stereocenters. The van der Waals surface area contributed by atoms with Gasteiger partial charge in [-0.25, -0.2) is 0 Å². The minimum atomic E-state index is 0.590. The van der Waals surface area contributed by atoms with Gasteiger partial charge in [-0.05, 0) is 37.0 Å². The second kappa shape index (κ2) is 6.75. The molecule has 0 radical (unpaired) electrons. The Bertz CT molecular complexity index is 211. The van der Waals surface area contributed by atoms with Crippen molar-refractivity contribution in [1.82, 2.24) is 5.43 Å². The van der Waals surface area contributed by atoms with Gasteiger partial charge in [0.05, 0.1) is 0 Å². The number of nitrogens with one attached hydrogen (secondary N) is 1. The van der Waals surface area contributed by atoms with Gasteiger partial charge in [0.25, 0.3) is 0 Å². The Morgan fingerprint density at radius 1 is 1.06 bits per heavy atom. The van der Waals surface area contributed by atoms with E-state index < -0.39 is 0 Å². The van der Waals surface area contributed by atoms with Crippen LogP contribution in [0.25, 0.3) is 0 Å². The molecule has 0 amide bonds. The Kier molecular flexibility index (Phi) is 5.30. The Balaban J connectivity index is 1.83. The summed E-state index contributed by atoms with van der Waals surface area (Å²) in [4.78, 5) is 0. The topological polar surface area (TPSA) is 38.0 Å². The highest BCUT2D eigenvalue weighted by molar-refractivity contribution is 4.84. The van der Waals surface area contributed by atoms with Crippen LogP contribution in [-0.2, 0) is 0 Å². The van der Waals surface area contributed by atoms with Crippen molar-refractivity contribution in [2.75, 3.05) is 0 Å². The fraction of sp³-hybridized carbons (Fsp3) is 1.00. The smallest absolute Gasteiger partial charge is 0.0241 e. The molecule has 3 N–H and O–H groups in total. The second-order valence-corrected chi connectivity index (χ2v) is 6.36. The predicted molar refractivity (Wildman–Crippen MR) is 73.4 cm³/mol. The maximum atomic E-state index is 5.82. The molecule has 0 heterocycles. The van der Waals surface area contributed by atoms with Crippen molar-refractivity contribution in [2.24, 2.45) is 23.6 Å². The van der Waals surface area contributed by atoms with Crippen LogP contribution in [-0.4, -0.2) is 6.04 Å². The first-order valence-corrected chi connectivity index (χ1v) is 7.79. The van der Waals surface area contributed by atoms with Crippen molar-refractivity contribution >= 4 is 0 Å². The van der Waals surface area contributed by atoms with E-state index in [1.165, 1.54) is 64.2 Å². The third-order valence-electron chi connectivity index (χ3n) is 5.25. The van der Waals surface area contributed by atoms with Gasteiger partial charge in [-0.2, -0.15) is 0 Å². The van der Waals surface area contributed by atoms with Crippen molar-refractivity contribution in [1.29, 1.82) is 0 Å². The maximum Gasteiger partial charge on any atom is 0.0241 e. The molecule has 0 aromatic heterocycles. The quantitative estimate of drug-likeness (QED) is 0.567. The zero-order chi connectivity index (χ0) is 12.1. The molecule has 2 nitrogen and oxygen atoms in total. The van der Waals surface area contributed by atoms with Crippen LogP contribution in [0.2, 0.25) is 0 Å². The van der Waals surface area contributed by atoms with E-state index in [1.807, 2.05) is 0 Å². The van der Waals surface area contributed by atoms with Crippen LogP contribution in [0, 0.1) is 17.8 Å². The summed E-state index contributed by atoms with van der Waals surface area (Å²) in [6.07, 6.45) is 14.2. The maximum absolute atomic E-state index is 5.82. The third-order valence-corrected chi connectivity index (χ3v) is 5.25. The third kappa shape index (κ3) is 3.69. The van der Waals surface area contributed by atoms with Crippen LogP contribution in [0.15, 0.2) is 0 Å². The molecule has 2 aliphatic carbocycles. The van der Waals surface area contributed by atoms with E-state index >= 15 is 0 Å². The van der Waals surface area contributed by atoms with Crippen molar-refractivity contribution in [3.8, 4) is 0 Å². The normalized spacial score (nSPS) is 32.8. The lowest BCUT2D eigenvalue weighted by Gasteiger charge is -2.35. The summed E-state index contributed by atoms with van der Waals surface area (Å²) in [5.74, 6) is 8.59. The van der Waals surface area contributed by atoms with Crippen molar-refractivity contribution in [3.63, 3.8) is 0 Å². The minimum Gasteiger partial charge on any atom is -0.271 e. The van der Waals surface area contributed by atoms with Crippen LogP contribution in [0.3, 0.4) is 0 Å². The van der Waals surface area contributed by atoms with E-state index in [-0.39, 0.29) is 0 Å². The van der Waals surface area contributed by atoms with E-state index in [4.69, 9.17) is 5.84 Å². The summed E-state index contributed by atoms with van der Waals surface area (Å²) in [5.41, 5.74) is 3.14. The van der Waals surface area contributed by atoms with Gasteiger partial charge in [-0.1, -0.05) is 51.9 Å². The first-order valence-electron chi connectivity index (χ1n) is 7.79. The number of hydrogen-bond acceptors (Lipinski definition) is 2. The molecule has 0 saturated heterocycles. The summed E-state index contributed by atoms with van der Waals surface area (Å²) < 4.78 is 0. The van der Waals surface area contributed by atoms with E-state index in [9.17, 15) is 0 Å². The summed E-state index contributed by atoms with van der Waals surface area (Å²) >= 11 is 0. The van der Waals surface area contributed by atoms with Gasteiger partial charge in [-0.3, -0.25) is 11.3 Å². The van der Waals surface area contributed by atoms with Crippen LogP contribution in [0.4, 0.5) is 0 Å². The summed E-state index contributed by atoms with van der Waals surface area (Å²) in [7, 11) is 0. The monoisotopic (exact) mass is 238 g/mol. The molecule has 0 aromatic carbocycles. The van der Waals surface area contributed by atoms with E-state index in [0.29, 0.717) is 6.04 Å². The molecule has 0 bridgehead atoms. The summed E-state index contributed by atoms with van der Waals surface area (Å²) in [6.45, 7) is 2.34. The van der Waals surface area contributed by atoms with Crippen LogP contribution < -0.4 is 11.3 Å². The molecule has 2 fully saturated rings. The number of rotatable bonds is 5. The molecule has 0 spiro atoms. The Labute approximate surface area is 107 Å². The first kappa shape index (κ1) is 13.4. The molecular formula is C15H30N2. The summed E-state index contributed by atoms with van der Waals surface area (Å²) in [5, 5.41) is 0. The fourth-order valence-corrected chi connectivity index (χ4v) is 4.07. The lowest BCUT2D eigenvalue weighted by Crippen LogP contribution is -2.43. The Morgan fingerprint density at radius 3 is 2.41 bits per heavy atom. The van der Waals surface area contributed by atoms with Gasteiger partial charge >= 0.3 is 0 Å². The number of nitrogens with two attached hydrogens (primary N) is 1. The van der Waals surface area contributed by atoms with Gasteiger partial charge in [0.15, 0.2) is 0 Å². The highest BCUT2D eigenvalue weighted by atomic mass is 15.2. The molecule has 17 heavy (non-hydrogen) atoms. The highest BCUT2D eigenvalue weighted by Gasteiger charge is 2.29. The van der Waals surface area contributed by atoms with Gasteiger partial charge < -0.3 is 0 Å². The zero-order valence-electron chi connectivity index (χ0n) is 11.5. The lowest BCUT2D eigenvalue weighted by atomic mass is 9.75. The number of hydrazine groups is 1. The second-order valence-electron chi connectivity index (χ2n) is 6.36. The molecule has 2 rings (SSSR count). The number of hydrogen-bond donors (Lipinski definition) is 2. The molecule has 2 heteroatoms. The first-order chi connectivity index (χ1) is 8.33. The van der Waals surface area contributed by atoms with Crippen LogP contribution >= 0.6 is 0 Å². The molecule has 2 saturated carbocycles. The summed E-state index contributed by atoms with van der Waals surface area (Å²) in [6, 6.07) is 0.590. The molecule has 0 aromatic rings. The van der Waals surface area contributed by atoms with E-state index in [1.54, 1.807) is 0 Å². The van der Waals surface area contributed by atoms with Crippen molar-refractivity contribution in [2.45, 2.75) is 77.2 Å². The molecule has 100 valence electrons. The predicted octanol–water partition coefficient (Wildman–Crippen LogP) is 3.62. The van der Waals surface area contributed by atoms with E-state index in [2.05, 4.69) is 12.3 Å². The van der Waals surface area contributed by atoms with Gasteiger partial charge in [0.1, 0.15) is 0 Å². The Morgan fingerprint density at radius 2 is 1.76 bits per heavy atom. The average molecular weight is 238 g/mol. The molecule has 0 aliphatic heterocycles. The zero-order valence-corrected chi connectivity index (χ0v) is 11.5. The SMILES string of the molecule is CCC1CCCC(C(CC2CCCC2)NN)C1. The highest BCUT2D eigenvalue weighted by Crippen LogP contribution is 2.36. The van der Waals surface area contributed by atoms with Crippen molar-refractivity contribution < 1.29 is 0 Å².